The first-order valence-corrected chi connectivity index (χ1v) is 12.6. The van der Waals surface area contributed by atoms with Crippen molar-refractivity contribution in [2.24, 2.45) is 0 Å². The van der Waals surface area contributed by atoms with Crippen LogP contribution in [-0.2, 0) is 4.74 Å². The molecule has 0 bridgehead atoms. The Hall–Kier alpha value is -4.88. The zero-order valence-electron chi connectivity index (χ0n) is 21.7. The largest absolute Gasteiger partial charge is 0.462 e. The SMILES string of the molecule is CC1=CC(=C(C#N)C#N)C=C(/C=C/c2ccc(N(CCO)CCO)cc2-c2ccc(-c3ccccc3)cc2)O1. The van der Waals surface area contributed by atoms with E-state index in [1.54, 1.807) is 19.1 Å². The lowest BCUT2D eigenvalue weighted by Crippen LogP contribution is -2.29. The summed E-state index contributed by atoms with van der Waals surface area (Å²) in [7, 11) is 0. The number of ether oxygens (including phenoxy) is 1. The summed E-state index contributed by atoms with van der Waals surface area (Å²) in [6.07, 6.45) is 7.11. The lowest BCUT2D eigenvalue weighted by atomic mass is 9.95. The van der Waals surface area contributed by atoms with Crippen molar-refractivity contribution in [3.63, 3.8) is 0 Å². The molecule has 0 spiro atoms. The zero-order valence-corrected chi connectivity index (χ0v) is 21.7. The van der Waals surface area contributed by atoms with Gasteiger partial charge in [-0.2, -0.15) is 10.5 Å². The Kier molecular flexibility index (Phi) is 9.11. The Bertz CT molecular complexity index is 1500. The predicted octanol–water partition coefficient (Wildman–Crippen LogP) is 5.99. The maximum absolute atomic E-state index is 9.55. The van der Waals surface area contributed by atoms with Crippen molar-refractivity contribution < 1.29 is 14.9 Å². The lowest BCUT2D eigenvalue weighted by Gasteiger charge is -2.24. The van der Waals surface area contributed by atoms with Gasteiger partial charge in [0.2, 0.25) is 0 Å². The number of anilines is 1. The highest BCUT2D eigenvalue weighted by atomic mass is 16.5. The fraction of sp³-hybridized carbons (Fsp3) is 0.152. The van der Waals surface area contributed by atoms with Gasteiger partial charge in [-0.3, -0.25) is 0 Å². The summed E-state index contributed by atoms with van der Waals surface area (Å²) in [6.45, 7) is 2.54. The van der Waals surface area contributed by atoms with Crippen LogP contribution in [0.4, 0.5) is 5.69 Å². The highest BCUT2D eigenvalue weighted by Crippen LogP contribution is 2.32. The highest BCUT2D eigenvalue weighted by Gasteiger charge is 2.13. The van der Waals surface area contributed by atoms with Gasteiger partial charge in [0.25, 0.3) is 0 Å². The second-order valence-corrected chi connectivity index (χ2v) is 8.94. The lowest BCUT2D eigenvalue weighted by molar-refractivity contribution is 0.281. The molecule has 1 aliphatic rings. The molecule has 2 N–H and O–H groups in total. The predicted molar refractivity (Wildman–Crippen MR) is 154 cm³/mol. The van der Waals surface area contributed by atoms with E-state index in [-0.39, 0.29) is 18.8 Å². The Morgan fingerprint density at radius 2 is 1.46 bits per heavy atom. The molecule has 0 amide bonds. The van der Waals surface area contributed by atoms with E-state index in [1.165, 1.54) is 0 Å². The van der Waals surface area contributed by atoms with E-state index in [0.717, 1.165) is 33.5 Å². The summed E-state index contributed by atoms with van der Waals surface area (Å²) in [4.78, 5) is 1.94. The van der Waals surface area contributed by atoms with Gasteiger partial charge >= 0.3 is 0 Å². The quantitative estimate of drug-likeness (QED) is 0.340. The summed E-state index contributed by atoms with van der Waals surface area (Å²) >= 11 is 0. The van der Waals surface area contributed by atoms with E-state index in [0.29, 0.717) is 30.2 Å². The molecule has 0 fully saturated rings. The van der Waals surface area contributed by atoms with E-state index in [4.69, 9.17) is 4.74 Å². The van der Waals surface area contributed by atoms with Crippen LogP contribution in [0, 0.1) is 22.7 Å². The van der Waals surface area contributed by atoms with Gasteiger partial charge in [0.15, 0.2) is 0 Å². The molecular formula is C33H29N3O3. The summed E-state index contributed by atoms with van der Waals surface area (Å²) < 4.78 is 5.83. The highest BCUT2D eigenvalue weighted by molar-refractivity contribution is 5.80. The molecular weight excluding hydrogens is 486 g/mol. The molecule has 3 aromatic rings. The number of aliphatic hydroxyl groups excluding tert-OH is 2. The Labute approximate surface area is 229 Å². The first-order chi connectivity index (χ1) is 19.1. The second-order valence-electron chi connectivity index (χ2n) is 8.94. The zero-order chi connectivity index (χ0) is 27.6. The minimum atomic E-state index is -0.0235. The first-order valence-electron chi connectivity index (χ1n) is 12.6. The molecule has 0 atom stereocenters. The van der Waals surface area contributed by atoms with Gasteiger partial charge in [0.05, 0.1) is 13.2 Å². The van der Waals surface area contributed by atoms with Crippen LogP contribution < -0.4 is 4.90 Å². The number of aliphatic hydroxyl groups is 2. The number of hydrogen-bond donors (Lipinski definition) is 2. The third kappa shape index (κ3) is 6.71. The van der Waals surface area contributed by atoms with E-state index in [9.17, 15) is 20.7 Å². The molecule has 0 aromatic heterocycles. The minimum absolute atomic E-state index is 0.0235. The van der Waals surface area contributed by atoms with Gasteiger partial charge in [-0.25, -0.2) is 0 Å². The number of benzene rings is 3. The summed E-state index contributed by atoms with van der Waals surface area (Å²) in [5, 5.41) is 37.6. The molecule has 1 heterocycles. The molecule has 6 nitrogen and oxygen atoms in total. The summed E-state index contributed by atoms with van der Waals surface area (Å²) in [6, 6.07) is 28.4. The Balaban J connectivity index is 1.75. The number of nitriles is 2. The molecule has 3 aromatic carbocycles. The van der Waals surface area contributed by atoms with Crippen molar-refractivity contribution in [3.8, 4) is 34.4 Å². The molecule has 1 aliphatic heterocycles. The number of hydrogen-bond acceptors (Lipinski definition) is 6. The number of nitrogens with zero attached hydrogens (tertiary/aromatic N) is 3. The van der Waals surface area contributed by atoms with Crippen molar-refractivity contribution in [2.45, 2.75) is 6.92 Å². The molecule has 6 heteroatoms. The van der Waals surface area contributed by atoms with Gasteiger partial charge in [-0.15, -0.1) is 0 Å². The first kappa shape index (κ1) is 27.2. The van der Waals surface area contributed by atoms with E-state index in [1.807, 2.05) is 59.5 Å². The third-order valence-electron chi connectivity index (χ3n) is 6.32. The maximum atomic E-state index is 9.55. The van der Waals surface area contributed by atoms with Crippen LogP contribution in [0.15, 0.2) is 114 Å². The van der Waals surface area contributed by atoms with Crippen LogP contribution >= 0.6 is 0 Å². The second kappa shape index (κ2) is 13.1. The van der Waals surface area contributed by atoms with E-state index >= 15 is 0 Å². The van der Waals surface area contributed by atoms with Crippen molar-refractivity contribution in [2.75, 3.05) is 31.2 Å². The average Bonchev–Trinajstić information content (AvgIpc) is 2.97. The van der Waals surface area contributed by atoms with Gasteiger partial charge in [-0.1, -0.05) is 66.7 Å². The standard InChI is InChI=1S/C33H29N3O3/c1-24-19-29(30(22-34)23-35)20-32(39-24)14-12-28-11-13-31(36(15-17-37)16-18-38)21-33(28)27-9-7-26(8-10-27)25-5-3-2-4-6-25/h2-14,19-21,37-38H,15-18H2,1H3/b14-12+. The molecule has 0 saturated carbocycles. The van der Waals surface area contributed by atoms with Gasteiger partial charge in [0, 0.05) is 24.4 Å². The van der Waals surface area contributed by atoms with Crippen LogP contribution in [0.1, 0.15) is 12.5 Å². The Morgan fingerprint density at radius 1 is 0.821 bits per heavy atom. The molecule has 4 rings (SSSR count). The monoisotopic (exact) mass is 515 g/mol. The summed E-state index contributed by atoms with van der Waals surface area (Å²) in [5.41, 5.74) is 6.60. The topological polar surface area (TPSA) is 101 Å². The maximum Gasteiger partial charge on any atom is 0.137 e. The van der Waals surface area contributed by atoms with Crippen molar-refractivity contribution in [3.05, 3.63) is 119 Å². The number of rotatable bonds is 9. The van der Waals surface area contributed by atoms with Crippen LogP contribution in [0.5, 0.6) is 0 Å². The van der Waals surface area contributed by atoms with Crippen molar-refractivity contribution in [1.82, 2.24) is 0 Å². The third-order valence-corrected chi connectivity index (χ3v) is 6.32. The average molecular weight is 516 g/mol. The Morgan fingerprint density at radius 3 is 2.10 bits per heavy atom. The molecule has 194 valence electrons. The smallest absolute Gasteiger partial charge is 0.137 e. The van der Waals surface area contributed by atoms with Gasteiger partial charge in [0.1, 0.15) is 29.2 Å². The number of allylic oxidation sites excluding steroid dienone is 6. The van der Waals surface area contributed by atoms with Crippen LogP contribution in [0.25, 0.3) is 28.3 Å². The molecule has 0 unspecified atom stereocenters. The van der Waals surface area contributed by atoms with Crippen molar-refractivity contribution in [1.29, 1.82) is 10.5 Å². The fourth-order valence-electron chi connectivity index (χ4n) is 4.43. The van der Waals surface area contributed by atoms with Gasteiger partial charge < -0.3 is 19.8 Å². The molecule has 39 heavy (non-hydrogen) atoms. The fourth-order valence-corrected chi connectivity index (χ4v) is 4.43. The molecule has 0 aliphatic carbocycles. The molecule has 0 saturated heterocycles. The van der Waals surface area contributed by atoms with Crippen molar-refractivity contribution >= 4 is 11.8 Å². The van der Waals surface area contributed by atoms with Crippen LogP contribution in [-0.4, -0.2) is 36.5 Å². The van der Waals surface area contributed by atoms with Gasteiger partial charge in [-0.05, 0) is 65.1 Å². The van der Waals surface area contributed by atoms with Crippen LogP contribution in [0.2, 0.25) is 0 Å². The van der Waals surface area contributed by atoms with Crippen LogP contribution in [0.3, 0.4) is 0 Å². The van der Waals surface area contributed by atoms with E-state index < -0.39 is 0 Å². The molecule has 0 radical (unpaired) electrons. The summed E-state index contributed by atoms with van der Waals surface area (Å²) in [5.74, 6) is 1.11. The minimum Gasteiger partial charge on any atom is -0.462 e. The van der Waals surface area contributed by atoms with E-state index in [2.05, 4.69) is 42.5 Å². The normalized spacial score (nSPS) is 12.7.